The third-order valence-electron chi connectivity index (χ3n) is 2.53. The topological polar surface area (TPSA) is 47.6 Å². The molecule has 0 spiro atoms. The summed E-state index contributed by atoms with van der Waals surface area (Å²) in [7, 11) is 1.61. The predicted molar refractivity (Wildman–Crippen MR) is 82.8 cm³/mol. The first-order valence-electron chi connectivity index (χ1n) is 5.98. The van der Waals surface area contributed by atoms with Gasteiger partial charge in [-0.1, -0.05) is 6.07 Å². The van der Waals surface area contributed by atoms with E-state index in [4.69, 9.17) is 9.47 Å². The first-order valence-corrected chi connectivity index (χ1v) is 7.65. The number of ether oxygens (including phenoxy) is 2. The lowest BCUT2D eigenvalue weighted by Gasteiger charge is -2.08. The lowest BCUT2D eigenvalue weighted by molar-refractivity contribution is 0.0947. The van der Waals surface area contributed by atoms with Crippen molar-refractivity contribution in [3.05, 3.63) is 45.1 Å². The fourth-order valence-electron chi connectivity index (χ4n) is 1.56. The summed E-state index contributed by atoms with van der Waals surface area (Å²) in [5.74, 6) is 1.37. The van der Waals surface area contributed by atoms with Gasteiger partial charge in [-0.05, 0) is 34.1 Å². The average Bonchev–Trinajstić information content (AvgIpc) is 2.90. The Balaban J connectivity index is 1.74. The van der Waals surface area contributed by atoms with Crippen molar-refractivity contribution in [2.45, 2.75) is 0 Å². The number of hydrogen-bond acceptors (Lipinski definition) is 4. The molecule has 0 saturated carbocycles. The van der Waals surface area contributed by atoms with Gasteiger partial charge in [-0.3, -0.25) is 4.79 Å². The first-order chi connectivity index (χ1) is 9.69. The predicted octanol–water partition coefficient (Wildman–Crippen LogP) is 3.33. The lowest BCUT2D eigenvalue weighted by atomic mass is 10.3. The number of methoxy groups -OCH3 is 1. The Morgan fingerprint density at radius 2 is 2.15 bits per heavy atom. The third kappa shape index (κ3) is 4.25. The molecule has 0 saturated heterocycles. The Kier molecular flexibility index (Phi) is 5.43. The molecule has 0 unspecified atom stereocenters. The number of benzene rings is 1. The number of rotatable bonds is 6. The van der Waals surface area contributed by atoms with Crippen LogP contribution in [0.2, 0.25) is 0 Å². The number of thiophene rings is 1. The second-order valence-corrected chi connectivity index (χ2v) is 6.21. The molecule has 1 heterocycles. The van der Waals surface area contributed by atoms with Gasteiger partial charge in [0.1, 0.15) is 18.1 Å². The van der Waals surface area contributed by atoms with Crippen molar-refractivity contribution in [3.63, 3.8) is 0 Å². The largest absolute Gasteiger partial charge is 0.497 e. The van der Waals surface area contributed by atoms with Crippen LogP contribution in [-0.2, 0) is 0 Å². The normalized spacial score (nSPS) is 10.1. The van der Waals surface area contributed by atoms with Gasteiger partial charge in [0.25, 0.3) is 5.91 Å². The van der Waals surface area contributed by atoms with E-state index >= 15 is 0 Å². The van der Waals surface area contributed by atoms with Crippen molar-refractivity contribution < 1.29 is 14.3 Å². The second kappa shape index (κ2) is 7.31. The van der Waals surface area contributed by atoms with Crippen LogP contribution in [-0.4, -0.2) is 26.2 Å². The molecule has 20 heavy (non-hydrogen) atoms. The average molecular weight is 356 g/mol. The standard InChI is InChI=1S/C14H14BrNO3S/c1-18-11-3-2-4-12(8-11)19-6-5-16-14(17)10-7-13(15)20-9-10/h2-4,7-9H,5-6H2,1H3,(H,16,17). The first kappa shape index (κ1) is 14.9. The fourth-order valence-corrected chi connectivity index (χ4v) is 2.69. The van der Waals surface area contributed by atoms with Gasteiger partial charge in [0.2, 0.25) is 0 Å². The van der Waals surface area contributed by atoms with Gasteiger partial charge in [-0.15, -0.1) is 11.3 Å². The van der Waals surface area contributed by atoms with Crippen LogP contribution in [0.1, 0.15) is 10.4 Å². The van der Waals surface area contributed by atoms with Gasteiger partial charge in [0, 0.05) is 11.4 Å². The maximum absolute atomic E-state index is 11.8. The van der Waals surface area contributed by atoms with Gasteiger partial charge < -0.3 is 14.8 Å². The Morgan fingerprint density at radius 3 is 2.85 bits per heavy atom. The fraction of sp³-hybridized carbons (Fsp3) is 0.214. The summed E-state index contributed by atoms with van der Waals surface area (Å²) in [6, 6.07) is 9.15. The van der Waals surface area contributed by atoms with Gasteiger partial charge in [0.15, 0.2) is 0 Å². The van der Waals surface area contributed by atoms with E-state index in [1.54, 1.807) is 19.2 Å². The monoisotopic (exact) mass is 355 g/mol. The highest BCUT2D eigenvalue weighted by atomic mass is 79.9. The summed E-state index contributed by atoms with van der Waals surface area (Å²) in [5.41, 5.74) is 0.656. The Morgan fingerprint density at radius 1 is 1.35 bits per heavy atom. The maximum Gasteiger partial charge on any atom is 0.252 e. The molecule has 1 aromatic heterocycles. The molecule has 1 aromatic carbocycles. The molecule has 1 amide bonds. The number of carbonyl (C=O) groups excluding carboxylic acids is 1. The number of hydrogen-bond donors (Lipinski definition) is 1. The maximum atomic E-state index is 11.8. The van der Waals surface area contributed by atoms with E-state index in [1.165, 1.54) is 11.3 Å². The summed E-state index contributed by atoms with van der Waals surface area (Å²) in [6.07, 6.45) is 0. The zero-order valence-electron chi connectivity index (χ0n) is 10.9. The molecule has 0 fully saturated rings. The SMILES string of the molecule is COc1cccc(OCCNC(=O)c2csc(Br)c2)c1. The molecule has 6 heteroatoms. The minimum Gasteiger partial charge on any atom is -0.497 e. The van der Waals surface area contributed by atoms with Gasteiger partial charge >= 0.3 is 0 Å². The van der Waals surface area contributed by atoms with Gasteiger partial charge in [-0.25, -0.2) is 0 Å². The summed E-state index contributed by atoms with van der Waals surface area (Å²) < 4.78 is 11.6. The Bertz CT molecular complexity index is 585. The molecular formula is C14H14BrNO3S. The van der Waals surface area contributed by atoms with E-state index in [0.717, 1.165) is 15.3 Å². The van der Waals surface area contributed by atoms with E-state index < -0.39 is 0 Å². The van der Waals surface area contributed by atoms with Crippen LogP contribution >= 0.6 is 27.3 Å². The van der Waals surface area contributed by atoms with Crippen molar-refractivity contribution in [1.29, 1.82) is 0 Å². The molecule has 0 aliphatic heterocycles. The molecule has 1 N–H and O–H groups in total. The minimum atomic E-state index is -0.0961. The summed E-state index contributed by atoms with van der Waals surface area (Å²) in [4.78, 5) is 11.8. The van der Waals surface area contributed by atoms with Crippen LogP contribution in [0.15, 0.2) is 39.5 Å². The van der Waals surface area contributed by atoms with E-state index in [1.807, 2.05) is 23.6 Å². The smallest absolute Gasteiger partial charge is 0.252 e. The highest BCUT2D eigenvalue weighted by molar-refractivity contribution is 9.11. The summed E-state index contributed by atoms with van der Waals surface area (Å²) >= 11 is 4.81. The number of halogens is 1. The van der Waals surface area contributed by atoms with Crippen molar-refractivity contribution in [2.75, 3.05) is 20.3 Å². The van der Waals surface area contributed by atoms with Crippen LogP contribution < -0.4 is 14.8 Å². The van der Waals surface area contributed by atoms with E-state index in [2.05, 4.69) is 21.2 Å². The number of amides is 1. The van der Waals surface area contributed by atoms with Crippen molar-refractivity contribution in [1.82, 2.24) is 5.32 Å². The van der Waals surface area contributed by atoms with Crippen LogP contribution in [0.4, 0.5) is 0 Å². The van der Waals surface area contributed by atoms with E-state index in [-0.39, 0.29) is 5.91 Å². The zero-order chi connectivity index (χ0) is 14.4. The van der Waals surface area contributed by atoms with Crippen molar-refractivity contribution in [3.8, 4) is 11.5 Å². The van der Waals surface area contributed by atoms with E-state index in [9.17, 15) is 4.79 Å². The highest BCUT2D eigenvalue weighted by Gasteiger charge is 2.06. The Hall–Kier alpha value is -1.53. The van der Waals surface area contributed by atoms with Crippen LogP contribution in [0, 0.1) is 0 Å². The van der Waals surface area contributed by atoms with Crippen LogP contribution in [0.25, 0.3) is 0 Å². The highest BCUT2D eigenvalue weighted by Crippen LogP contribution is 2.20. The summed E-state index contributed by atoms with van der Waals surface area (Å²) in [6.45, 7) is 0.855. The Labute approximate surface area is 129 Å². The zero-order valence-corrected chi connectivity index (χ0v) is 13.3. The quantitative estimate of drug-likeness (QED) is 0.808. The summed E-state index contributed by atoms with van der Waals surface area (Å²) in [5, 5.41) is 4.61. The molecule has 0 bridgehead atoms. The molecule has 0 aliphatic rings. The molecular weight excluding hydrogens is 342 g/mol. The number of carbonyl (C=O) groups is 1. The molecule has 2 rings (SSSR count). The molecule has 106 valence electrons. The van der Waals surface area contributed by atoms with Crippen LogP contribution in [0.5, 0.6) is 11.5 Å². The molecule has 0 radical (unpaired) electrons. The van der Waals surface area contributed by atoms with E-state index in [0.29, 0.717) is 18.7 Å². The molecule has 0 aliphatic carbocycles. The molecule has 0 atom stereocenters. The second-order valence-electron chi connectivity index (χ2n) is 3.92. The van der Waals surface area contributed by atoms with Crippen LogP contribution in [0.3, 0.4) is 0 Å². The van der Waals surface area contributed by atoms with Crippen molar-refractivity contribution in [2.24, 2.45) is 0 Å². The van der Waals surface area contributed by atoms with Crippen molar-refractivity contribution >= 4 is 33.2 Å². The number of nitrogens with one attached hydrogen (secondary N) is 1. The molecule has 2 aromatic rings. The van der Waals surface area contributed by atoms with Gasteiger partial charge in [0.05, 0.1) is 23.0 Å². The molecule has 4 nitrogen and oxygen atoms in total. The minimum absolute atomic E-state index is 0.0961. The third-order valence-corrected chi connectivity index (χ3v) is 4.03. The lowest BCUT2D eigenvalue weighted by Crippen LogP contribution is -2.27. The van der Waals surface area contributed by atoms with Gasteiger partial charge in [-0.2, -0.15) is 0 Å².